The molecule has 4 amide bonds. The topological polar surface area (TPSA) is 105 Å². The molecule has 168 valence electrons. The quantitative estimate of drug-likeness (QED) is 0.640. The van der Waals surface area contributed by atoms with Crippen LogP contribution in [0.15, 0.2) is 42.5 Å². The van der Waals surface area contributed by atoms with Gasteiger partial charge in [-0.2, -0.15) is 0 Å². The van der Waals surface area contributed by atoms with Gasteiger partial charge in [0.1, 0.15) is 5.82 Å². The Labute approximate surface area is 190 Å². The Morgan fingerprint density at radius 2 is 1.78 bits per heavy atom. The van der Waals surface area contributed by atoms with Crippen molar-refractivity contribution in [2.24, 2.45) is 17.6 Å². The third kappa shape index (κ3) is 4.27. The smallest absolute Gasteiger partial charge is 0.319 e. The lowest BCUT2D eigenvalue weighted by molar-refractivity contribution is -0.134. The van der Waals surface area contributed by atoms with Crippen LogP contribution in [0, 0.1) is 17.7 Å². The maximum absolute atomic E-state index is 14.1. The molecule has 0 saturated heterocycles. The summed E-state index contributed by atoms with van der Waals surface area (Å²) in [5.74, 6) is -2.07. The Kier molecular flexibility index (Phi) is 6.32. The molecule has 0 aromatic heterocycles. The molecule has 2 aliphatic rings. The minimum absolute atomic E-state index is 0.000359. The number of hydrogen-bond acceptors (Lipinski definition) is 3. The van der Waals surface area contributed by atoms with Gasteiger partial charge in [-0.1, -0.05) is 48.4 Å². The van der Waals surface area contributed by atoms with Gasteiger partial charge < -0.3 is 16.4 Å². The van der Waals surface area contributed by atoms with Gasteiger partial charge in [0, 0.05) is 29.5 Å². The highest BCUT2D eigenvalue weighted by atomic mass is 35.5. The van der Waals surface area contributed by atoms with Crippen LogP contribution in [0.5, 0.6) is 0 Å². The van der Waals surface area contributed by atoms with Crippen molar-refractivity contribution < 1.29 is 18.8 Å². The van der Waals surface area contributed by atoms with Crippen molar-refractivity contribution in [1.82, 2.24) is 10.6 Å². The number of carbonyl (C=O) groups is 3. The highest BCUT2D eigenvalue weighted by Crippen LogP contribution is 2.37. The number of fused-ring (bicyclic) bond motifs is 1. The van der Waals surface area contributed by atoms with Crippen LogP contribution in [0.1, 0.15) is 36.4 Å². The van der Waals surface area contributed by atoms with Crippen LogP contribution in [0.2, 0.25) is 5.02 Å². The summed E-state index contributed by atoms with van der Waals surface area (Å²) in [6, 6.07) is 10.9. The molecule has 1 aliphatic heterocycles. The Balaban J connectivity index is 1.41. The largest absolute Gasteiger partial charge is 0.352 e. The Morgan fingerprint density at radius 3 is 2.53 bits per heavy atom. The fourth-order valence-corrected chi connectivity index (χ4v) is 4.80. The van der Waals surface area contributed by atoms with Gasteiger partial charge in [0.2, 0.25) is 11.8 Å². The summed E-state index contributed by atoms with van der Waals surface area (Å²) in [6.45, 7) is 0.248. The van der Waals surface area contributed by atoms with Crippen molar-refractivity contribution in [2.75, 3.05) is 11.4 Å². The minimum atomic E-state index is -0.583. The molecule has 7 nitrogen and oxygen atoms in total. The van der Waals surface area contributed by atoms with Gasteiger partial charge in [-0.25, -0.2) is 9.18 Å². The van der Waals surface area contributed by atoms with Crippen molar-refractivity contribution in [3.05, 3.63) is 64.4 Å². The number of halogens is 2. The number of nitrogens with zero attached hydrogens (tertiary/aromatic N) is 1. The zero-order valence-electron chi connectivity index (χ0n) is 17.3. The maximum Gasteiger partial charge on any atom is 0.319 e. The van der Waals surface area contributed by atoms with Gasteiger partial charge >= 0.3 is 6.03 Å². The van der Waals surface area contributed by atoms with Crippen LogP contribution < -0.4 is 21.3 Å². The van der Waals surface area contributed by atoms with Crippen LogP contribution in [-0.2, 0) is 16.1 Å². The molecule has 1 fully saturated rings. The molecule has 4 N–H and O–H groups in total. The number of rotatable bonds is 5. The molecule has 32 heavy (non-hydrogen) atoms. The molecule has 1 aliphatic carbocycles. The second kappa shape index (κ2) is 9.16. The highest BCUT2D eigenvalue weighted by Gasteiger charge is 2.40. The monoisotopic (exact) mass is 458 g/mol. The SMILES string of the molecule is NC(=O)N1CC(NC(=O)[C@@H]2CCC[C@H]2C(=O)NCc2cccc(Cl)c2F)c2ccccc21. The summed E-state index contributed by atoms with van der Waals surface area (Å²) < 4.78 is 14.1. The number of nitrogens with two attached hydrogens (primary N) is 1. The fourth-order valence-electron chi connectivity index (χ4n) is 4.60. The summed E-state index contributed by atoms with van der Waals surface area (Å²) >= 11 is 5.79. The molecule has 2 aromatic rings. The molecule has 2 aromatic carbocycles. The summed E-state index contributed by atoms with van der Waals surface area (Å²) in [7, 11) is 0. The maximum atomic E-state index is 14.1. The number of para-hydroxylation sites is 1. The first-order valence-electron chi connectivity index (χ1n) is 10.5. The molecule has 0 spiro atoms. The summed E-state index contributed by atoms with van der Waals surface area (Å²) in [5, 5.41) is 5.73. The first kappa shape index (κ1) is 22.1. The van der Waals surface area contributed by atoms with Gasteiger partial charge in [-0.15, -0.1) is 0 Å². The lowest BCUT2D eigenvalue weighted by Gasteiger charge is -2.22. The first-order chi connectivity index (χ1) is 15.4. The van der Waals surface area contributed by atoms with Crippen molar-refractivity contribution in [2.45, 2.75) is 31.8 Å². The predicted molar refractivity (Wildman–Crippen MR) is 118 cm³/mol. The number of hydrogen-bond donors (Lipinski definition) is 3. The number of primary amides is 1. The molecular formula is C23H24ClFN4O3. The summed E-state index contributed by atoms with van der Waals surface area (Å²) in [6.07, 6.45) is 1.91. The van der Waals surface area contributed by atoms with Gasteiger partial charge in [0.25, 0.3) is 0 Å². The normalized spacial score (nSPS) is 21.8. The van der Waals surface area contributed by atoms with Crippen LogP contribution in [-0.4, -0.2) is 24.4 Å². The molecule has 1 saturated carbocycles. The van der Waals surface area contributed by atoms with Gasteiger partial charge in [0.05, 0.1) is 23.3 Å². The minimum Gasteiger partial charge on any atom is -0.352 e. The molecule has 1 heterocycles. The van der Waals surface area contributed by atoms with Crippen LogP contribution in [0.25, 0.3) is 0 Å². The lowest BCUT2D eigenvalue weighted by atomic mass is 9.93. The predicted octanol–water partition coefficient (Wildman–Crippen LogP) is 3.27. The van der Waals surface area contributed by atoms with Crippen LogP contribution in [0.4, 0.5) is 14.9 Å². The van der Waals surface area contributed by atoms with E-state index in [-0.39, 0.29) is 29.9 Å². The van der Waals surface area contributed by atoms with E-state index in [1.54, 1.807) is 24.3 Å². The van der Waals surface area contributed by atoms with E-state index in [1.165, 1.54) is 11.0 Å². The van der Waals surface area contributed by atoms with Gasteiger partial charge in [-0.3, -0.25) is 14.5 Å². The molecule has 0 radical (unpaired) electrons. The van der Waals surface area contributed by atoms with Crippen LogP contribution >= 0.6 is 11.6 Å². The third-order valence-corrected chi connectivity index (χ3v) is 6.52. The van der Waals surface area contributed by atoms with Gasteiger partial charge in [-0.05, 0) is 25.0 Å². The number of amides is 4. The van der Waals surface area contributed by atoms with E-state index in [0.717, 1.165) is 12.0 Å². The van der Waals surface area contributed by atoms with Crippen molar-refractivity contribution in [1.29, 1.82) is 0 Å². The van der Waals surface area contributed by atoms with E-state index in [0.29, 0.717) is 24.1 Å². The summed E-state index contributed by atoms with van der Waals surface area (Å²) in [5.41, 5.74) is 7.26. The van der Waals surface area contributed by atoms with Crippen LogP contribution in [0.3, 0.4) is 0 Å². The second-order valence-electron chi connectivity index (χ2n) is 8.14. The zero-order chi connectivity index (χ0) is 22.8. The van der Waals surface area contributed by atoms with Crippen molar-refractivity contribution in [3.63, 3.8) is 0 Å². The second-order valence-corrected chi connectivity index (χ2v) is 8.55. The molecular weight excluding hydrogens is 435 g/mol. The van der Waals surface area contributed by atoms with E-state index in [9.17, 15) is 18.8 Å². The Bertz CT molecular complexity index is 1060. The number of urea groups is 1. The lowest BCUT2D eigenvalue weighted by Crippen LogP contribution is -2.42. The molecule has 3 atom stereocenters. The van der Waals surface area contributed by atoms with Crippen molar-refractivity contribution in [3.8, 4) is 0 Å². The number of anilines is 1. The first-order valence-corrected chi connectivity index (χ1v) is 10.9. The zero-order valence-corrected chi connectivity index (χ0v) is 18.1. The van der Waals surface area contributed by atoms with E-state index in [4.69, 9.17) is 17.3 Å². The molecule has 4 rings (SSSR count). The number of carbonyl (C=O) groups excluding carboxylic acids is 3. The highest BCUT2D eigenvalue weighted by molar-refractivity contribution is 6.30. The van der Waals surface area contributed by atoms with E-state index in [2.05, 4.69) is 10.6 Å². The van der Waals surface area contributed by atoms with Gasteiger partial charge in [0.15, 0.2) is 0 Å². The Hall–Kier alpha value is -3.13. The van der Waals surface area contributed by atoms with Crippen molar-refractivity contribution >= 4 is 35.1 Å². The average Bonchev–Trinajstić information content (AvgIpc) is 3.40. The van der Waals surface area contributed by atoms with E-state index in [1.807, 2.05) is 12.1 Å². The standard InChI is InChI=1S/C23H24ClFN4O3/c24-17-9-3-5-13(20(17)25)11-27-21(30)14-7-4-8-15(14)22(31)28-18-12-29(23(26)32)19-10-2-1-6-16(18)19/h1-3,5-6,9-10,14-15,18H,4,7-8,11-12H2,(H2,26,32)(H,27,30)(H,28,31)/t14-,15-,18?/m1/s1. The molecule has 0 bridgehead atoms. The molecule has 9 heteroatoms. The number of benzene rings is 2. The van der Waals surface area contributed by atoms with E-state index >= 15 is 0 Å². The summed E-state index contributed by atoms with van der Waals surface area (Å²) in [4.78, 5) is 39.1. The number of nitrogens with one attached hydrogen (secondary N) is 2. The van der Waals surface area contributed by atoms with E-state index < -0.39 is 29.7 Å². The Morgan fingerprint density at radius 1 is 1.06 bits per heavy atom. The third-order valence-electron chi connectivity index (χ3n) is 6.22. The average molecular weight is 459 g/mol. The fraction of sp³-hybridized carbons (Fsp3) is 0.348. The molecule has 1 unspecified atom stereocenters.